The molecule has 3 nitrogen and oxygen atoms in total. The van der Waals surface area contributed by atoms with E-state index in [1.54, 1.807) is 0 Å². The van der Waals surface area contributed by atoms with E-state index in [1.165, 1.54) is 12.8 Å². The lowest BCUT2D eigenvalue weighted by Crippen LogP contribution is -2.43. The van der Waals surface area contributed by atoms with E-state index in [9.17, 15) is 9.90 Å². The van der Waals surface area contributed by atoms with Crippen molar-refractivity contribution in [3.05, 3.63) is 0 Å². The van der Waals surface area contributed by atoms with Crippen LogP contribution in [0.25, 0.3) is 0 Å². The predicted molar refractivity (Wildman–Crippen MR) is 72.2 cm³/mol. The quantitative estimate of drug-likeness (QED) is 0.822. The van der Waals surface area contributed by atoms with Crippen LogP contribution in [0.1, 0.15) is 65.2 Å². The van der Waals surface area contributed by atoms with Gasteiger partial charge in [-0.1, -0.05) is 19.8 Å². The van der Waals surface area contributed by atoms with Crippen LogP contribution in [-0.2, 0) is 4.79 Å². The van der Waals surface area contributed by atoms with Gasteiger partial charge in [0.15, 0.2) is 0 Å². The first-order valence-corrected chi connectivity index (χ1v) is 7.51. The van der Waals surface area contributed by atoms with Crippen LogP contribution in [0.5, 0.6) is 0 Å². The molecule has 1 aliphatic carbocycles. The highest BCUT2D eigenvalue weighted by atomic mass is 16.3. The fraction of sp³-hybridized carbons (Fsp3) is 0.933. The lowest BCUT2D eigenvalue weighted by molar-refractivity contribution is -0.142. The summed E-state index contributed by atoms with van der Waals surface area (Å²) in [5, 5.41) is 10.1. The number of amides is 1. The number of rotatable bonds is 2. The molecule has 0 bridgehead atoms. The van der Waals surface area contributed by atoms with E-state index >= 15 is 0 Å². The van der Waals surface area contributed by atoms with Crippen LogP contribution in [0.3, 0.4) is 0 Å². The minimum absolute atomic E-state index is 0.0732. The molecule has 2 fully saturated rings. The molecule has 1 aliphatic heterocycles. The Morgan fingerprint density at radius 3 is 2.39 bits per heavy atom. The number of hydrogen-bond donors (Lipinski definition) is 1. The van der Waals surface area contributed by atoms with E-state index in [2.05, 4.69) is 6.92 Å². The number of carbonyl (C=O) groups excluding carboxylic acids is 1. The summed E-state index contributed by atoms with van der Waals surface area (Å²) >= 11 is 0. The average Bonchev–Trinajstić information content (AvgIpc) is 2.75. The lowest BCUT2D eigenvalue weighted by Gasteiger charge is -2.33. The highest BCUT2D eigenvalue weighted by Crippen LogP contribution is 2.43. The molecule has 0 radical (unpaired) electrons. The fourth-order valence-electron chi connectivity index (χ4n) is 3.57. The maximum Gasteiger partial charge on any atom is 0.228 e. The summed E-state index contributed by atoms with van der Waals surface area (Å²) < 4.78 is 0. The van der Waals surface area contributed by atoms with Crippen molar-refractivity contribution in [3.8, 4) is 0 Å². The van der Waals surface area contributed by atoms with E-state index < -0.39 is 5.60 Å². The van der Waals surface area contributed by atoms with Crippen molar-refractivity contribution >= 4 is 5.91 Å². The molecule has 1 saturated heterocycles. The number of likely N-dealkylation sites (tertiary alicyclic amines) is 1. The van der Waals surface area contributed by atoms with E-state index in [0.717, 1.165) is 51.6 Å². The van der Waals surface area contributed by atoms with E-state index in [4.69, 9.17) is 0 Å². The molecule has 1 heterocycles. The van der Waals surface area contributed by atoms with Crippen LogP contribution in [-0.4, -0.2) is 34.6 Å². The Morgan fingerprint density at radius 1 is 1.11 bits per heavy atom. The standard InChI is InChI=1S/C15H27NO2/c1-3-15(8-4-5-9-15)13(17)16-11-6-7-14(2,18)10-12-16/h18H,3-12H2,1-2H3. The topological polar surface area (TPSA) is 40.5 Å². The van der Waals surface area contributed by atoms with Crippen LogP contribution in [0.2, 0.25) is 0 Å². The van der Waals surface area contributed by atoms with Crippen molar-refractivity contribution in [1.82, 2.24) is 4.90 Å². The lowest BCUT2D eigenvalue weighted by atomic mass is 9.82. The Hall–Kier alpha value is -0.570. The zero-order valence-corrected chi connectivity index (χ0v) is 11.9. The molecule has 2 aliphatic rings. The molecule has 2 rings (SSSR count). The molecule has 0 spiro atoms. The van der Waals surface area contributed by atoms with Crippen molar-refractivity contribution in [2.75, 3.05) is 13.1 Å². The second-order valence-corrected chi connectivity index (χ2v) is 6.48. The van der Waals surface area contributed by atoms with E-state index in [1.807, 2.05) is 11.8 Å². The maximum absolute atomic E-state index is 12.8. The summed E-state index contributed by atoms with van der Waals surface area (Å²) in [5.41, 5.74) is -0.652. The van der Waals surface area contributed by atoms with Gasteiger partial charge in [-0.15, -0.1) is 0 Å². The fourth-order valence-corrected chi connectivity index (χ4v) is 3.57. The Morgan fingerprint density at radius 2 is 1.78 bits per heavy atom. The van der Waals surface area contributed by atoms with Gasteiger partial charge < -0.3 is 10.0 Å². The van der Waals surface area contributed by atoms with Gasteiger partial charge in [0.1, 0.15) is 0 Å². The molecular formula is C15H27NO2. The minimum atomic E-state index is -0.579. The SMILES string of the molecule is CCC1(C(=O)N2CCCC(C)(O)CC2)CCCC1. The van der Waals surface area contributed by atoms with Crippen LogP contribution < -0.4 is 0 Å². The molecule has 0 aromatic rings. The molecule has 1 atom stereocenters. The van der Waals surface area contributed by atoms with E-state index in [-0.39, 0.29) is 5.41 Å². The van der Waals surface area contributed by atoms with Gasteiger partial charge in [0.2, 0.25) is 5.91 Å². The van der Waals surface area contributed by atoms with Gasteiger partial charge in [0, 0.05) is 18.5 Å². The third kappa shape index (κ3) is 2.71. The number of carbonyl (C=O) groups is 1. The second-order valence-electron chi connectivity index (χ2n) is 6.48. The first-order chi connectivity index (χ1) is 8.49. The molecular weight excluding hydrogens is 226 g/mol. The number of hydrogen-bond acceptors (Lipinski definition) is 2. The van der Waals surface area contributed by atoms with E-state index in [0.29, 0.717) is 5.91 Å². The molecule has 18 heavy (non-hydrogen) atoms. The number of aliphatic hydroxyl groups is 1. The highest BCUT2D eigenvalue weighted by molar-refractivity contribution is 5.83. The Bertz CT molecular complexity index is 306. The summed E-state index contributed by atoms with van der Waals surface area (Å²) in [6.07, 6.45) is 7.96. The molecule has 1 N–H and O–H groups in total. The highest BCUT2D eigenvalue weighted by Gasteiger charge is 2.42. The van der Waals surface area contributed by atoms with Crippen molar-refractivity contribution < 1.29 is 9.90 Å². The second kappa shape index (κ2) is 5.20. The van der Waals surface area contributed by atoms with Crippen molar-refractivity contribution in [2.45, 2.75) is 70.8 Å². The first kappa shape index (κ1) is 13.9. The molecule has 104 valence electrons. The van der Waals surface area contributed by atoms with Gasteiger partial charge in [-0.05, 0) is 45.4 Å². The zero-order valence-electron chi connectivity index (χ0n) is 11.9. The van der Waals surface area contributed by atoms with Gasteiger partial charge in [-0.25, -0.2) is 0 Å². The summed E-state index contributed by atoms with van der Waals surface area (Å²) in [6, 6.07) is 0. The molecule has 1 unspecified atom stereocenters. The summed E-state index contributed by atoms with van der Waals surface area (Å²) in [5.74, 6) is 0.361. The zero-order chi connectivity index (χ0) is 13.2. The summed E-state index contributed by atoms with van der Waals surface area (Å²) in [4.78, 5) is 14.8. The Kier molecular flexibility index (Phi) is 4.00. The first-order valence-electron chi connectivity index (χ1n) is 7.51. The van der Waals surface area contributed by atoms with Crippen LogP contribution >= 0.6 is 0 Å². The monoisotopic (exact) mass is 253 g/mol. The average molecular weight is 253 g/mol. The van der Waals surface area contributed by atoms with Gasteiger partial charge in [-0.2, -0.15) is 0 Å². The molecule has 1 saturated carbocycles. The normalized spacial score (nSPS) is 32.3. The predicted octanol–water partition coefficient (Wildman–Crippen LogP) is 2.72. The smallest absolute Gasteiger partial charge is 0.228 e. The molecule has 3 heteroatoms. The Labute approximate surface area is 111 Å². The van der Waals surface area contributed by atoms with Crippen molar-refractivity contribution in [3.63, 3.8) is 0 Å². The van der Waals surface area contributed by atoms with Gasteiger partial charge >= 0.3 is 0 Å². The van der Waals surface area contributed by atoms with Gasteiger partial charge in [-0.3, -0.25) is 4.79 Å². The third-order valence-corrected chi connectivity index (χ3v) is 5.04. The molecule has 0 aromatic heterocycles. The molecule has 0 aromatic carbocycles. The summed E-state index contributed by atoms with van der Waals surface area (Å²) in [6.45, 7) is 5.60. The van der Waals surface area contributed by atoms with Gasteiger partial charge in [0.25, 0.3) is 0 Å². The Balaban J connectivity index is 2.04. The third-order valence-electron chi connectivity index (χ3n) is 5.04. The largest absolute Gasteiger partial charge is 0.390 e. The minimum Gasteiger partial charge on any atom is -0.390 e. The molecule has 1 amide bonds. The number of nitrogens with zero attached hydrogens (tertiary/aromatic N) is 1. The van der Waals surface area contributed by atoms with Crippen LogP contribution in [0.15, 0.2) is 0 Å². The van der Waals surface area contributed by atoms with Crippen LogP contribution in [0.4, 0.5) is 0 Å². The van der Waals surface area contributed by atoms with Crippen molar-refractivity contribution in [1.29, 1.82) is 0 Å². The van der Waals surface area contributed by atoms with Gasteiger partial charge in [0.05, 0.1) is 5.60 Å². The summed E-state index contributed by atoms with van der Waals surface area (Å²) in [7, 11) is 0. The van der Waals surface area contributed by atoms with Crippen molar-refractivity contribution in [2.24, 2.45) is 5.41 Å². The van der Waals surface area contributed by atoms with Crippen LogP contribution in [0, 0.1) is 5.41 Å². The maximum atomic E-state index is 12.8.